The van der Waals surface area contributed by atoms with Gasteiger partial charge in [-0.3, -0.25) is 9.59 Å². The maximum absolute atomic E-state index is 12.9. The molecule has 2 amide bonds. The van der Waals surface area contributed by atoms with Crippen LogP contribution < -0.4 is 15.0 Å². The number of carbonyl (C=O) groups is 2. The van der Waals surface area contributed by atoms with Gasteiger partial charge in [-0.25, -0.2) is 4.98 Å². The molecular weight excluding hydrogens is 436 g/mol. The maximum Gasteiger partial charge on any atom is 0.261 e. The van der Waals surface area contributed by atoms with E-state index in [0.717, 1.165) is 25.1 Å². The molecule has 0 spiro atoms. The lowest BCUT2D eigenvalue weighted by Gasteiger charge is -2.33. The number of ether oxygens (including phenoxy) is 1. The second-order valence-electron chi connectivity index (χ2n) is 8.33. The van der Waals surface area contributed by atoms with Crippen LogP contribution in [0.3, 0.4) is 0 Å². The highest BCUT2D eigenvalue weighted by Gasteiger charge is 2.32. The van der Waals surface area contributed by atoms with Gasteiger partial charge in [0.05, 0.1) is 6.54 Å². The molecule has 176 valence electrons. The summed E-state index contributed by atoms with van der Waals surface area (Å²) in [7, 11) is 0. The molecular formula is C24H26N6O4. The van der Waals surface area contributed by atoms with Crippen molar-refractivity contribution in [3.05, 3.63) is 54.6 Å². The minimum absolute atomic E-state index is 0.0133. The van der Waals surface area contributed by atoms with Crippen LogP contribution >= 0.6 is 0 Å². The number of nitrogens with zero attached hydrogens (tertiary/aromatic N) is 5. The van der Waals surface area contributed by atoms with Crippen molar-refractivity contribution >= 4 is 17.6 Å². The van der Waals surface area contributed by atoms with Crippen LogP contribution in [0.4, 0.5) is 5.82 Å². The van der Waals surface area contributed by atoms with Crippen LogP contribution in [0.2, 0.25) is 0 Å². The van der Waals surface area contributed by atoms with E-state index >= 15 is 0 Å². The van der Waals surface area contributed by atoms with Crippen LogP contribution in [0.25, 0.3) is 11.4 Å². The molecule has 10 nitrogen and oxygen atoms in total. The first-order valence-electron chi connectivity index (χ1n) is 11.5. The van der Waals surface area contributed by atoms with Crippen molar-refractivity contribution in [1.82, 2.24) is 25.3 Å². The third kappa shape index (κ3) is 4.85. The fraction of sp³-hybridized carbons (Fsp3) is 0.375. The molecule has 2 aromatic heterocycles. The Morgan fingerprint density at radius 1 is 1.15 bits per heavy atom. The number of benzene rings is 1. The fourth-order valence-corrected chi connectivity index (χ4v) is 4.26. The molecule has 0 unspecified atom stereocenters. The smallest absolute Gasteiger partial charge is 0.261 e. The first kappa shape index (κ1) is 21.9. The lowest BCUT2D eigenvalue weighted by molar-refractivity contribution is -0.138. The van der Waals surface area contributed by atoms with Crippen LogP contribution in [0.1, 0.15) is 31.2 Å². The highest BCUT2D eigenvalue weighted by Crippen LogP contribution is 2.31. The molecule has 2 saturated heterocycles. The van der Waals surface area contributed by atoms with E-state index in [4.69, 9.17) is 9.26 Å². The van der Waals surface area contributed by atoms with Crippen molar-refractivity contribution in [3.63, 3.8) is 0 Å². The normalized spacial score (nSPS) is 18.5. The predicted molar refractivity (Wildman–Crippen MR) is 123 cm³/mol. The summed E-state index contributed by atoms with van der Waals surface area (Å²) in [5.74, 6) is 2.10. The van der Waals surface area contributed by atoms with Crippen LogP contribution in [0.15, 0.2) is 53.2 Å². The molecule has 1 N–H and O–H groups in total. The van der Waals surface area contributed by atoms with Gasteiger partial charge in [-0.1, -0.05) is 23.4 Å². The van der Waals surface area contributed by atoms with Crippen molar-refractivity contribution in [2.24, 2.45) is 0 Å². The second-order valence-corrected chi connectivity index (χ2v) is 8.33. The SMILES string of the molecule is O=C1CN(c2ccc(-c3noc([C@H]4CCCCN4C(=O)COc4ccccc4)n3)cn2)CCN1. The molecule has 5 rings (SSSR count). The number of aromatic nitrogens is 3. The number of carbonyl (C=O) groups excluding carboxylic acids is 2. The van der Waals surface area contributed by atoms with Crippen molar-refractivity contribution in [2.75, 3.05) is 37.7 Å². The molecule has 4 heterocycles. The van der Waals surface area contributed by atoms with E-state index < -0.39 is 0 Å². The molecule has 2 aliphatic rings. The highest BCUT2D eigenvalue weighted by atomic mass is 16.5. The number of anilines is 1. The largest absolute Gasteiger partial charge is 0.484 e. The van der Waals surface area contributed by atoms with Gasteiger partial charge < -0.3 is 24.4 Å². The number of likely N-dealkylation sites (tertiary alicyclic amines) is 1. The third-order valence-corrected chi connectivity index (χ3v) is 6.02. The summed E-state index contributed by atoms with van der Waals surface area (Å²) in [4.78, 5) is 37.3. The van der Waals surface area contributed by atoms with E-state index in [0.29, 0.717) is 42.7 Å². The number of piperazine rings is 1. The predicted octanol–water partition coefficient (Wildman–Crippen LogP) is 2.20. The lowest BCUT2D eigenvalue weighted by atomic mass is 10.0. The standard InChI is InChI=1S/C24H26N6O4/c31-21-15-29(13-11-25-21)20-10-9-17(14-26-20)23-27-24(34-28-23)19-8-4-5-12-30(19)22(32)16-33-18-6-2-1-3-7-18/h1-3,6-7,9-10,14,19H,4-5,8,11-13,15-16H2,(H,25,31)/t19-/m1/s1. The van der Waals surface area contributed by atoms with E-state index in [1.54, 1.807) is 11.1 Å². The van der Waals surface area contributed by atoms with Gasteiger partial charge in [-0.2, -0.15) is 4.98 Å². The minimum Gasteiger partial charge on any atom is -0.484 e. The molecule has 3 aromatic rings. The zero-order chi connectivity index (χ0) is 23.3. The molecule has 34 heavy (non-hydrogen) atoms. The van der Waals surface area contributed by atoms with E-state index in [9.17, 15) is 9.59 Å². The molecule has 0 saturated carbocycles. The average molecular weight is 463 g/mol. The Kier molecular flexibility index (Phi) is 6.37. The first-order chi connectivity index (χ1) is 16.7. The highest BCUT2D eigenvalue weighted by molar-refractivity contribution is 5.82. The van der Waals surface area contributed by atoms with Gasteiger partial charge in [0.2, 0.25) is 17.6 Å². The molecule has 0 aliphatic carbocycles. The summed E-state index contributed by atoms with van der Waals surface area (Å²) in [6.07, 6.45) is 4.33. The fourth-order valence-electron chi connectivity index (χ4n) is 4.26. The number of pyridine rings is 1. The third-order valence-electron chi connectivity index (χ3n) is 6.02. The summed E-state index contributed by atoms with van der Waals surface area (Å²) in [5.41, 5.74) is 0.710. The van der Waals surface area contributed by atoms with Crippen molar-refractivity contribution in [1.29, 1.82) is 0 Å². The molecule has 0 bridgehead atoms. The molecule has 0 radical (unpaired) electrons. The number of piperidine rings is 1. The number of hydrogen-bond acceptors (Lipinski definition) is 8. The Morgan fingerprint density at radius 2 is 2.03 bits per heavy atom. The topological polar surface area (TPSA) is 114 Å². The van der Waals surface area contributed by atoms with Crippen molar-refractivity contribution in [2.45, 2.75) is 25.3 Å². The van der Waals surface area contributed by atoms with Crippen LogP contribution in [-0.4, -0.2) is 64.6 Å². The minimum atomic E-state index is -0.277. The first-order valence-corrected chi connectivity index (χ1v) is 11.5. The Hall–Kier alpha value is -3.95. The van der Waals surface area contributed by atoms with E-state index in [-0.39, 0.29) is 31.0 Å². The van der Waals surface area contributed by atoms with E-state index in [1.807, 2.05) is 47.4 Å². The van der Waals surface area contributed by atoms with Crippen molar-refractivity contribution < 1.29 is 18.8 Å². The van der Waals surface area contributed by atoms with Gasteiger partial charge in [0.1, 0.15) is 17.6 Å². The maximum atomic E-state index is 12.9. The number of amides is 2. The summed E-state index contributed by atoms with van der Waals surface area (Å²) in [6, 6.07) is 12.7. The number of rotatable bonds is 6. The van der Waals surface area contributed by atoms with Gasteiger partial charge in [0.15, 0.2) is 6.61 Å². The van der Waals surface area contributed by atoms with E-state index in [2.05, 4.69) is 20.4 Å². The van der Waals surface area contributed by atoms with Crippen molar-refractivity contribution in [3.8, 4) is 17.1 Å². The average Bonchev–Trinajstić information content (AvgIpc) is 3.38. The quantitative estimate of drug-likeness (QED) is 0.593. The summed E-state index contributed by atoms with van der Waals surface area (Å²) >= 11 is 0. The summed E-state index contributed by atoms with van der Waals surface area (Å²) < 4.78 is 11.2. The monoisotopic (exact) mass is 462 g/mol. The summed E-state index contributed by atoms with van der Waals surface area (Å²) in [5, 5.41) is 6.93. The molecule has 2 aliphatic heterocycles. The molecule has 2 fully saturated rings. The zero-order valence-corrected chi connectivity index (χ0v) is 18.7. The van der Waals surface area contributed by atoms with Crippen LogP contribution in [0, 0.1) is 0 Å². The molecule has 1 aromatic carbocycles. The molecule has 10 heteroatoms. The van der Waals surface area contributed by atoms with Gasteiger partial charge in [0, 0.05) is 31.4 Å². The molecule has 1 atom stereocenters. The Bertz CT molecular complexity index is 1130. The van der Waals surface area contributed by atoms with Gasteiger partial charge in [-0.05, 0) is 43.5 Å². The van der Waals surface area contributed by atoms with Crippen LogP contribution in [0.5, 0.6) is 5.75 Å². The van der Waals surface area contributed by atoms with Gasteiger partial charge >= 0.3 is 0 Å². The zero-order valence-electron chi connectivity index (χ0n) is 18.7. The Labute approximate surface area is 196 Å². The van der Waals surface area contributed by atoms with Gasteiger partial charge in [-0.15, -0.1) is 0 Å². The number of para-hydroxylation sites is 1. The number of hydrogen-bond donors (Lipinski definition) is 1. The summed E-state index contributed by atoms with van der Waals surface area (Å²) in [6.45, 7) is 2.19. The Balaban J connectivity index is 1.26. The van der Waals surface area contributed by atoms with Crippen LogP contribution in [-0.2, 0) is 9.59 Å². The number of nitrogens with one attached hydrogen (secondary N) is 1. The van der Waals surface area contributed by atoms with Gasteiger partial charge in [0.25, 0.3) is 5.91 Å². The Morgan fingerprint density at radius 3 is 2.82 bits per heavy atom. The second kappa shape index (κ2) is 9.90. The van der Waals surface area contributed by atoms with E-state index in [1.165, 1.54) is 0 Å². The lowest BCUT2D eigenvalue weighted by Crippen LogP contribution is -2.48.